The summed E-state index contributed by atoms with van der Waals surface area (Å²) in [5.74, 6) is -1.60. The third-order valence-electron chi connectivity index (χ3n) is 3.68. The van der Waals surface area contributed by atoms with E-state index in [0.29, 0.717) is 25.9 Å². The molecule has 1 amide bonds. The van der Waals surface area contributed by atoms with Crippen molar-refractivity contribution < 1.29 is 23.1 Å². The summed E-state index contributed by atoms with van der Waals surface area (Å²) in [4.78, 5) is 24.2. The Bertz CT molecular complexity index is 469. The summed E-state index contributed by atoms with van der Waals surface area (Å²) in [7, 11) is -3.46. The number of carbonyl (C=O) groups is 2. The van der Waals surface area contributed by atoms with Gasteiger partial charge >= 0.3 is 5.97 Å². The van der Waals surface area contributed by atoms with Crippen LogP contribution in [0, 0.1) is 5.92 Å². The Morgan fingerprint density at radius 1 is 1.20 bits per heavy atom. The fourth-order valence-corrected chi connectivity index (χ4v) is 3.04. The predicted molar refractivity (Wildman–Crippen MR) is 75.1 cm³/mol. The minimum absolute atomic E-state index is 0.0794. The second kappa shape index (κ2) is 6.11. The molecule has 1 aliphatic heterocycles. The number of likely N-dealkylation sites (tertiary alicyclic amines) is 1. The molecule has 0 aromatic rings. The van der Waals surface area contributed by atoms with Crippen molar-refractivity contribution >= 4 is 21.7 Å². The molecule has 1 fully saturated rings. The van der Waals surface area contributed by atoms with Crippen molar-refractivity contribution in [3.63, 3.8) is 0 Å². The number of nitrogens with zero attached hydrogens (tertiary/aromatic N) is 1. The van der Waals surface area contributed by atoms with Gasteiger partial charge in [0.15, 0.2) is 9.84 Å². The largest absolute Gasteiger partial charge is 0.481 e. The topological polar surface area (TPSA) is 91.8 Å². The van der Waals surface area contributed by atoms with Gasteiger partial charge in [0.25, 0.3) is 0 Å². The SMILES string of the molecule is CC(C)(C)S(=O)(=O)CC(=O)N1CCC(CC(=O)O)CC1. The number of hydrogen-bond acceptors (Lipinski definition) is 4. The van der Waals surface area contributed by atoms with Crippen LogP contribution in [-0.4, -0.2) is 53.9 Å². The van der Waals surface area contributed by atoms with Crippen molar-refractivity contribution in [1.29, 1.82) is 0 Å². The zero-order valence-corrected chi connectivity index (χ0v) is 13.1. The summed E-state index contributed by atoms with van der Waals surface area (Å²) >= 11 is 0. The summed E-state index contributed by atoms with van der Waals surface area (Å²) in [6.07, 6.45) is 1.35. The van der Waals surface area contributed by atoms with Crippen LogP contribution in [0.1, 0.15) is 40.0 Å². The average Bonchev–Trinajstić information content (AvgIpc) is 2.26. The summed E-state index contributed by atoms with van der Waals surface area (Å²) in [6.45, 7) is 5.62. The van der Waals surface area contributed by atoms with Gasteiger partial charge in [0.1, 0.15) is 5.75 Å². The molecule has 7 heteroatoms. The highest BCUT2D eigenvalue weighted by molar-refractivity contribution is 7.93. The summed E-state index contributed by atoms with van der Waals surface area (Å²) in [5.41, 5.74) is 0. The molecule has 1 heterocycles. The number of sulfone groups is 1. The second-order valence-corrected chi connectivity index (χ2v) is 9.04. The molecule has 0 aromatic heterocycles. The molecule has 0 saturated carbocycles. The molecule has 1 aliphatic rings. The lowest BCUT2D eigenvalue weighted by Crippen LogP contribution is -2.44. The molecule has 1 N–H and O–H groups in total. The number of amides is 1. The van der Waals surface area contributed by atoms with Gasteiger partial charge in [0.05, 0.1) is 4.75 Å². The molecule has 0 bridgehead atoms. The van der Waals surface area contributed by atoms with E-state index in [9.17, 15) is 18.0 Å². The van der Waals surface area contributed by atoms with Crippen LogP contribution in [0.15, 0.2) is 0 Å². The van der Waals surface area contributed by atoms with Gasteiger partial charge in [0, 0.05) is 19.5 Å². The third kappa shape index (κ3) is 4.47. The molecule has 0 atom stereocenters. The Balaban J connectivity index is 2.54. The maximum Gasteiger partial charge on any atom is 0.303 e. The summed E-state index contributed by atoms with van der Waals surface area (Å²) in [6, 6.07) is 0. The Morgan fingerprint density at radius 2 is 1.70 bits per heavy atom. The highest BCUT2D eigenvalue weighted by Crippen LogP contribution is 2.22. The van der Waals surface area contributed by atoms with E-state index in [2.05, 4.69) is 0 Å². The maximum absolute atomic E-state index is 12.0. The van der Waals surface area contributed by atoms with E-state index in [1.165, 1.54) is 4.90 Å². The summed E-state index contributed by atoms with van der Waals surface area (Å²) < 4.78 is 23.0. The van der Waals surface area contributed by atoms with E-state index in [0.717, 1.165) is 0 Å². The molecular formula is C13H23NO5S. The van der Waals surface area contributed by atoms with E-state index in [-0.39, 0.29) is 18.2 Å². The van der Waals surface area contributed by atoms with Gasteiger partial charge in [-0.05, 0) is 39.5 Å². The monoisotopic (exact) mass is 305 g/mol. The number of piperidine rings is 1. The van der Waals surface area contributed by atoms with Crippen molar-refractivity contribution in [2.75, 3.05) is 18.8 Å². The fraction of sp³-hybridized carbons (Fsp3) is 0.846. The lowest BCUT2D eigenvalue weighted by molar-refractivity contribution is -0.138. The standard InChI is InChI=1S/C13H23NO5S/c1-13(2,3)20(18,19)9-11(15)14-6-4-10(5-7-14)8-12(16)17/h10H,4-9H2,1-3H3,(H,16,17). The van der Waals surface area contributed by atoms with E-state index < -0.39 is 26.3 Å². The number of hydrogen-bond donors (Lipinski definition) is 1. The minimum atomic E-state index is -3.46. The van der Waals surface area contributed by atoms with Gasteiger partial charge < -0.3 is 10.0 Å². The first-order valence-corrected chi connectivity index (χ1v) is 8.40. The van der Waals surface area contributed by atoms with E-state index in [1.54, 1.807) is 20.8 Å². The van der Waals surface area contributed by atoms with Crippen LogP contribution in [0.2, 0.25) is 0 Å². The third-order valence-corrected chi connectivity index (χ3v) is 6.17. The molecule has 116 valence electrons. The predicted octanol–water partition coefficient (Wildman–Crippen LogP) is 0.913. The number of carboxylic acids is 1. The van der Waals surface area contributed by atoms with Gasteiger partial charge in [-0.15, -0.1) is 0 Å². The molecule has 1 saturated heterocycles. The van der Waals surface area contributed by atoms with Crippen LogP contribution in [0.25, 0.3) is 0 Å². The Morgan fingerprint density at radius 3 is 2.10 bits per heavy atom. The highest BCUT2D eigenvalue weighted by Gasteiger charge is 2.34. The van der Waals surface area contributed by atoms with Crippen molar-refractivity contribution in [2.24, 2.45) is 5.92 Å². The molecule has 0 radical (unpaired) electrons. The van der Waals surface area contributed by atoms with Gasteiger partial charge in [-0.3, -0.25) is 9.59 Å². The maximum atomic E-state index is 12.0. The molecule has 0 spiro atoms. The quantitative estimate of drug-likeness (QED) is 0.833. The first-order chi connectivity index (χ1) is 9.03. The van der Waals surface area contributed by atoms with Crippen molar-refractivity contribution in [3.05, 3.63) is 0 Å². The molecular weight excluding hydrogens is 282 g/mol. The Hall–Kier alpha value is -1.11. The fourth-order valence-electron chi connectivity index (χ4n) is 2.10. The lowest BCUT2D eigenvalue weighted by atomic mass is 9.94. The average molecular weight is 305 g/mol. The molecule has 0 unspecified atom stereocenters. The van der Waals surface area contributed by atoms with E-state index >= 15 is 0 Å². The first-order valence-electron chi connectivity index (χ1n) is 6.75. The van der Waals surface area contributed by atoms with Gasteiger partial charge in [0.2, 0.25) is 5.91 Å². The normalized spacial score (nSPS) is 18.1. The number of carboxylic acid groups (broad SMARTS) is 1. The van der Waals surface area contributed by atoms with E-state index in [1.807, 2.05) is 0 Å². The van der Waals surface area contributed by atoms with Crippen LogP contribution in [-0.2, 0) is 19.4 Å². The first kappa shape index (κ1) is 16.9. The number of carbonyl (C=O) groups excluding carboxylic acids is 1. The number of aliphatic carboxylic acids is 1. The Labute approximate surface area is 120 Å². The van der Waals surface area contributed by atoms with Crippen molar-refractivity contribution in [1.82, 2.24) is 4.90 Å². The van der Waals surface area contributed by atoms with Crippen LogP contribution >= 0.6 is 0 Å². The molecule has 20 heavy (non-hydrogen) atoms. The van der Waals surface area contributed by atoms with Crippen LogP contribution in [0.5, 0.6) is 0 Å². The van der Waals surface area contributed by atoms with Crippen LogP contribution in [0.4, 0.5) is 0 Å². The van der Waals surface area contributed by atoms with Crippen molar-refractivity contribution in [3.8, 4) is 0 Å². The second-order valence-electron chi connectivity index (χ2n) is 6.29. The lowest BCUT2D eigenvalue weighted by Gasteiger charge is -2.32. The smallest absolute Gasteiger partial charge is 0.303 e. The minimum Gasteiger partial charge on any atom is -0.481 e. The van der Waals surface area contributed by atoms with Crippen LogP contribution < -0.4 is 0 Å². The highest BCUT2D eigenvalue weighted by atomic mass is 32.2. The molecule has 1 rings (SSSR count). The van der Waals surface area contributed by atoms with Gasteiger partial charge in [-0.2, -0.15) is 0 Å². The summed E-state index contributed by atoms with van der Waals surface area (Å²) in [5, 5.41) is 8.72. The molecule has 0 aliphatic carbocycles. The molecule has 6 nitrogen and oxygen atoms in total. The van der Waals surface area contributed by atoms with Gasteiger partial charge in [-0.1, -0.05) is 0 Å². The molecule has 0 aromatic carbocycles. The number of rotatable bonds is 4. The zero-order valence-electron chi connectivity index (χ0n) is 12.3. The zero-order chi connectivity index (χ0) is 15.6. The van der Waals surface area contributed by atoms with Crippen LogP contribution in [0.3, 0.4) is 0 Å². The Kier molecular flexibility index (Phi) is 5.18. The van der Waals surface area contributed by atoms with Gasteiger partial charge in [-0.25, -0.2) is 8.42 Å². The van der Waals surface area contributed by atoms with Crippen molar-refractivity contribution in [2.45, 2.75) is 44.8 Å². The van der Waals surface area contributed by atoms with E-state index in [4.69, 9.17) is 5.11 Å².